The van der Waals surface area contributed by atoms with Crippen LogP contribution in [0, 0.1) is 11.6 Å². The lowest BCUT2D eigenvalue weighted by Crippen LogP contribution is -2.26. The molecule has 0 bridgehead atoms. The molecule has 2 heterocycles. The van der Waals surface area contributed by atoms with Crippen molar-refractivity contribution in [3.05, 3.63) is 69.9 Å². The maximum absolute atomic E-state index is 15.6. The third-order valence-corrected chi connectivity index (χ3v) is 5.52. The van der Waals surface area contributed by atoms with Crippen molar-refractivity contribution in [3.63, 3.8) is 0 Å². The van der Waals surface area contributed by atoms with E-state index in [0.717, 1.165) is 60.2 Å². The number of aromatic nitrogens is 1. The third kappa shape index (κ3) is 3.34. The summed E-state index contributed by atoms with van der Waals surface area (Å²) in [6.07, 6.45) is 1.58. The first kappa shape index (κ1) is 18.4. The Morgan fingerprint density at radius 2 is 1.89 bits per heavy atom. The Morgan fingerprint density at radius 1 is 1.11 bits per heavy atom. The molecule has 1 unspecified atom stereocenters. The fourth-order valence-corrected chi connectivity index (χ4v) is 4.21. The second-order valence-corrected chi connectivity index (χ2v) is 7.68. The van der Waals surface area contributed by atoms with Crippen molar-refractivity contribution in [1.82, 2.24) is 9.88 Å². The first-order valence-corrected chi connectivity index (χ1v) is 9.39. The number of fused-ring (bicyclic) bond motifs is 3. The Kier molecular flexibility index (Phi) is 4.68. The van der Waals surface area contributed by atoms with Crippen LogP contribution < -0.4 is 5.32 Å². The average Bonchev–Trinajstić information content (AvgIpc) is 2.76. The molecule has 142 valence electrons. The number of hydrogen-bond acceptors (Lipinski definition) is 1. The third-order valence-electron chi connectivity index (χ3n) is 5.29. The Bertz CT molecular complexity index is 1010. The highest BCUT2D eigenvalue weighted by Crippen LogP contribution is 2.36. The molecule has 0 saturated heterocycles. The lowest BCUT2D eigenvalue weighted by molar-refractivity contribution is 0.156. The van der Waals surface area contributed by atoms with Crippen LogP contribution in [0.1, 0.15) is 23.7 Å². The predicted octanol–water partition coefficient (Wildman–Crippen LogP) is 5.15. The van der Waals surface area contributed by atoms with Crippen LogP contribution in [0.4, 0.5) is 13.2 Å². The summed E-state index contributed by atoms with van der Waals surface area (Å²) in [6, 6.07) is 8.58. The van der Waals surface area contributed by atoms with Crippen LogP contribution in [0.3, 0.4) is 0 Å². The average molecular weight is 393 g/mol. The van der Waals surface area contributed by atoms with E-state index in [-0.39, 0.29) is 12.1 Å². The van der Waals surface area contributed by atoms with Crippen molar-refractivity contribution < 1.29 is 13.2 Å². The molecule has 6 heteroatoms. The smallest absolute Gasteiger partial charge is 0.153 e. The van der Waals surface area contributed by atoms with Gasteiger partial charge in [0.2, 0.25) is 0 Å². The molecule has 2 aromatic carbocycles. The van der Waals surface area contributed by atoms with Crippen LogP contribution in [-0.2, 0) is 25.1 Å². The van der Waals surface area contributed by atoms with Crippen molar-refractivity contribution >= 4 is 22.5 Å². The Morgan fingerprint density at radius 3 is 2.67 bits per heavy atom. The van der Waals surface area contributed by atoms with Gasteiger partial charge in [0.1, 0.15) is 11.6 Å². The zero-order valence-electron chi connectivity index (χ0n) is 15.0. The lowest BCUT2D eigenvalue weighted by Gasteiger charge is -2.24. The zero-order chi connectivity index (χ0) is 19.2. The lowest BCUT2D eigenvalue weighted by atomic mass is 9.96. The normalized spacial score (nSPS) is 16.8. The van der Waals surface area contributed by atoms with Gasteiger partial charge >= 0.3 is 0 Å². The molecular weight excluding hydrogens is 373 g/mol. The molecule has 0 amide bonds. The van der Waals surface area contributed by atoms with Gasteiger partial charge in [0.15, 0.2) is 5.67 Å². The highest BCUT2D eigenvalue weighted by molar-refractivity contribution is 6.31. The van der Waals surface area contributed by atoms with Gasteiger partial charge in [-0.3, -0.25) is 0 Å². The van der Waals surface area contributed by atoms with E-state index in [1.165, 1.54) is 13.0 Å². The molecule has 1 atom stereocenters. The topological polar surface area (TPSA) is 17.0 Å². The minimum Gasteiger partial charge on any atom is -0.341 e. The van der Waals surface area contributed by atoms with Crippen molar-refractivity contribution in [2.24, 2.45) is 0 Å². The summed E-state index contributed by atoms with van der Waals surface area (Å²) in [4.78, 5) is 0. The molecule has 2 nitrogen and oxygen atoms in total. The molecule has 0 spiro atoms. The van der Waals surface area contributed by atoms with E-state index in [1.54, 1.807) is 6.07 Å². The van der Waals surface area contributed by atoms with Crippen LogP contribution in [0.2, 0.25) is 5.02 Å². The van der Waals surface area contributed by atoms with Gasteiger partial charge in [-0.2, -0.15) is 0 Å². The number of benzene rings is 2. The zero-order valence-corrected chi connectivity index (χ0v) is 15.7. The van der Waals surface area contributed by atoms with Crippen molar-refractivity contribution in [3.8, 4) is 0 Å². The SMILES string of the molecule is CC(F)(Cn1c2c(c3cc(Cl)ccc31)CCNCC2)c1ccc(F)cc1F. The van der Waals surface area contributed by atoms with Crippen LogP contribution >= 0.6 is 11.6 Å². The van der Waals surface area contributed by atoms with Gasteiger partial charge in [0, 0.05) is 46.2 Å². The fourth-order valence-electron chi connectivity index (χ4n) is 4.03. The first-order chi connectivity index (χ1) is 12.9. The minimum atomic E-state index is -1.99. The maximum Gasteiger partial charge on any atom is 0.153 e. The molecule has 3 aromatic rings. The molecule has 1 N–H and O–H groups in total. The van der Waals surface area contributed by atoms with Gasteiger partial charge in [-0.05, 0) is 55.8 Å². The largest absolute Gasteiger partial charge is 0.341 e. The quantitative estimate of drug-likeness (QED) is 0.652. The summed E-state index contributed by atoms with van der Waals surface area (Å²) in [5.41, 5.74) is 0.964. The monoisotopic (exact) mass is 392 g/mol. The van der Waals surface area contributed by atoms with Gasteiger partial charge in [0.25, 0.3) is 0 Å². The van der Waals surface area contributed by atoms with Gasteiger partial charge < -0.3 is 9.88 Å². The molecular formula is C21H20ClF3N2. The van der Waals surface area contributed by atoms with Gasteiger partial charge in [-0.15, -0.1) is 0 Å². The van der Waals surface area contributed by atoms with E-state index in [1.807, 2.05) is 16.7 Å². The molecule has 1 aliphatic heterocycles. The van der Waals surface area contributed by atoms with Crippen LogP contribution in [-0.4, -0.2) is 17.7 Å². The molecule has 1 aromatic heterocycles. The molecule has 0 radical (unpaired) electrons. The molecule has 4 rings (SSSR count). The van der Waals surface area contributed by atoms with Gasteiger partial charge in [-0.25, -0.2) is 13.2 Å². The van der Waals surface area contributed by atoms with E-state index in [2.05, 4.69) is 5.32 Å². The van der Waals surface area contributed by atoms with E-state index in [9.17, 15) is 8.78 Å². The van der Waals surface area contributed by atoms with Crippen LogP contribution in [0.5, 0.6) is 0 Å². The fraction of sp³-hybridized carbons (Fsp3) is 0.333. The molecule has 0 aliphatic carbocycles. The highest BCUT2D eigenvalue weighted by atomic mass is 35.5. The van der Waals surface area contributed by atoms with E-state index in [0.29, 0.717) is 5.02 Å². The van der Waals surface area contributed by atoms with Crippen LogP contribution in [0.25, 0.3) is 10.9 Å². The summed E-state index contributed by atoms with van der Waals surface area (Å²) in [5, 5.41) is 5.00. The molecule has 27 heavy (non-hydrogen) atoms. The number of rotatable bonds is 3. The van der Waals surface area contributed by atoms with Crippen molar-refractivity contribution in [2.45, 2.75) is 32.0 Å². The molecule has 1 aliphatic rings. The van der Waals surface area contributed by atoms with E-state index >= 15 is 4.39 Å². The highest BCUT2D eigenvalue weighted by Gasteiger charge is 2.32. The van der Waals surface area contributed by atoms with Crippen molar-refractivity contribution in [2.75, 3.05) is 13.1 Å². The van der Waals surface area contributed by atoms with Crippen molar-refractivity contribution in [1.29, 1.82) is 0 Å². The number of hydrogen-bond donors (Lipinski definition) is 1. The Labute approximate surface area is 160 Å². The first-order valence-electron chi connectivity index (χ1n) is 9.01. The number of nitrogens with zero attached hydrogens (tertiary/aromatic N) is 1. The summed E-state index contributed by atoms with van der Waals surface area (Å²) in [5.74, 6) is -1.58. The summed E-state index contributed by atoms with van der Waals surface area (Å²) in [7, 11) is 0. The van der Waals surface area contributed by atoms with Gasteiger partial charge in [0.05, 0.1) is 6.54 Å². The second kappa shape index (κ2) is 6.88. The van der Waals surface area contributed by atoms with Crippen LogP contribution in [0.15, 0.2) is 36.4 Å². The van der Waals surface area contributed by atoms with E-state index < -0.39 is 17.3 Å². The molecule has 0 saturated carbocycles. The Balaban J connectivity index is 1.84. The number of alkyl halides is 1. The standard InChI is InChI=1S/C21H20ClF3N2/c1-21(25,17-4-3-14(23)11-18(17)24)12-27-19-5-2-13(22)10-16(19)15-6-8-26-9-7-20(15)27/h2-5,10-11,26H,6-9,12H2,1H3. The second-order valence-electron chi connectivity index (χ2n) is 7.24. The Hall–Kier alpha value is -1.98. The summed E-state index contributed by atoms with van der Waals surface area (Å²) in [6.45, 7) is 2.93. The maximum atomic E-state index is 15.6. The van der Waals surface area contributed by atoms with E-state index in [4.69, 9.17) is 11.6 Å². The predicted molar refractivity (Wildman–Crippen MR) is 102 cm³/mol. The summed E-state index contributed by atoms with van der Waals surface area (Å²) >= 11 is 6.19. The number of nitrogens with one attached hydrogen (secondary N) is 1. The minimum absolute atomic E-state index is 0.0526. The number of halogens is 4. The van der Waals surface area contributed by atoms with Gasteiger partial charge in [-0.1, -0.05) is 11.6 Å². The summed E-state index contributed by atoms with van der Waals surface area (Å²) < 4.78 is 45.0. The molecule has 0 fully saturated rings.